The van der Waals surface area contributed by atoms with Gasteiger partial charge >= 0.3 is 6.18 Å². The van der Waals surface area contributed by atoms with Gasteiger partial charge in [-0.3, -0.25) is 9.52 Å². The fourth-order valence-electron chi connectivity index (χ4n) is 5.00. The number of carbonyl (C=O) groups excluding carboxylic acids is 1. The van der Waals surface area contributed by atoms with Gasteiger partial charge in [-0.05, 0) is 60.5 Å². The maximum atomic E-state index is 13.8. The molecule has 3 aromatic carbocycles. The molecule has 7 nitrogen and oxygen atoms in total. The van der Waals surface area contributed by atoms with Crippen LogP contribution in [0.2, 0.25) is 0 Å². The average molecular weight is 610 g/mol. The number of amides is 1. The molecule has 42 heavy (non-hydrogen) atoms. The number of hydrogen-bond acceptors (Lipinski definition) is 5. The van der Waals surface area contributed by atoms with Gasteiger partial charge in [0.25, 0.3) is 11.8 Å². The van der Waals surface area contributed by atoms with Crippen molar-refractivity contribution in [2.24, 2.45) is 0 Å². The van der Waals surface area contributed by atoms with Crippen molar-refractivity contribution >= 4 is 33.0 Å². The molecular formula is C29H28F5N3O4S. The Morgan fingerprint density at radius 1 is 1.00 bits per heavy atom. The summed E-state index contributed by atoms with van der Waals surface area (Å²) in [7, 11) is -3.67. The molecule has 0 saturated carbocycles. The summed E-state index contributed by atoms with van der Waals surface area (Å²) in [4.78, 5) is 15.4. The van der Waals surface area contributed by atoms with Crippen molar-refractivity contribution in [2.45, 2.75) is 38.3 Å². The second kappa shape index (κ2) is 11.1. The fourth-order valence-corrected chi connectivity index (χ4v) is 5.63. The summed E-state index contributed by atoms with van der Waals surface area (Å²) < 4.78 is 99.6. The van der Waals surface area contributed by atoms with Crippen LogP contribution >= 0.6 is 0 Å². The van der Waals surface area contributed by atoms with E-state index in [2.05, 4.69) is 10.0 Å². The van der Waals surface area contributed by atoms with Gasteiger partial charge in [-0.15, -0.1) is 0 Å². The second-order valence-electron chi connectivity index (χ2n) is 10.2. The lowest BCUT2D eigenvalue weighted by molar-refractivity contribution is -0.137. The van der Waals surface area contributed by atoms with Crippen molar-refractivity contribution in [3.63, 3.8) is 0 Å². The number of anilines is 3. The molecule has 1 fully saturated rings. The van der Waals surface area contributed by atoms with E-state index in [0.29, 0.717) is 30.2 Å². The number of alkyl halides is 5. The van der Waals surface area contributed by atoms with E-state index in [1.807, 2.05) is 0 Å². The first-order valence-electron chi connectivity index (χ1n) is 13.3. The quantitative estimate of drug-likeness (QED) is 0.297. The highest BCUT2D eigenvalue weighted by atomic mass is 32.2. The average Bonchev–Trinajstić information content (AvgIpc) is 3.41. The molecule has 3 aromatic rings. The Labute approximate surface area is 239 Å². The molecule has 0 aromatic heterocycles. The minimum Gasteiger partial charge on any atom is -0.491 e. The van der Waals surface area contributed by atoms with Crippen molar-refractivity contribution in [1.29, 1.82) is 0 Å². The summed E-state index contributed by atoms with van der Waals surface area (Å²) in [5.74, 6) is -2.94. The molecule has 2 aliphatic rings. The number of hydrogen-bond donors (Lipinski definition) is 2. The Bertz CT molecular complexity index is 1600. The number of carbonyl (C=O) groups is 1. The van der Waals surface area contributed by atoms with E-state index in [0.717, 1.165) is 17.7 Å². The van der Waals surface area contributed by atoms with Gasteiger partial charge in [0.1, 0.15) is 5.75 Å². The largest absolute Gasteiger partial charge is 0.491 e. The maximum Gasteiger partial charge on any atom is 0.416 e. The monoisotopic (exact) mass is 609 g/mol. The molecule has 1 saturated heterocycles. The third kappa shape index (κ3) is 6.45. The van der Waals surface area contributed by atoms with Crippen molar-refractivity contribution in [2.75, 3.05) is 40.4 Å². The van der Waals surface area contributed by atoms with E-state index in [1.165, 1.54) is 37.3 Å². The van der Waals surface area contributed by atoms with E-state index < -0.39 is 33.6 Å². The summed E-state index contributed by atoms with van der Waals surface area (Å²) >= 11 is 0. The minimum absolute atomic E-state index is 0.0881. The predicted octanol–water partition coefficient (Wildman–Crippen LogP) is 6.56. The fraction of sp³-hybridized carbons (Fsp3) is 0.345. The van der Waals surface area contributed by atoms with Gasteiger partial charge in [-0.2, -0.15) is 13.2 Å². The van der Waals surface area contributed by atoms with Gasteiger partial charge in [0.15, 0.2) is 0 Å². The highest BCUT2D eigenvalue weighted by Gasteiger charge is 2.36. The number of fused-ring (bicyclic) bond motifs is 1. The highest BCUT2D eigenvalue weighted by molar-refractivity contribution is 7.92. The van der Waals surface area contributed by atoms with Gasteiger partial charge in [0.05, 0.1) is 23.6 Å². The number of rotatable bonds is 7. The molecular weight excluding hydrogens is 581 g/mol. The normalized spacial score (nSPS) is 16.5. The first kappa shape index (κ1) is 29.6. The van der Waals surface area contributed by atoms with Crippen LogP contribution in [0.15, 0.2) is 54.6 Å². The summed E-state index contributed by atoms with van der Waals surface area (Å²) in [5, 5.41) is 2.82. The standard InChI is InChI=1S/C29H28F5N3O4S/c1-2-42(39,40)36-21-7-8-23(24(16-21)18-3-5-20(6-4-18)29(32,33)34)27(38)35-22-15-19-9-14-41-26(19)25(17-22)37-12-10-28(30,31)11-13-37/h3-8,15-17,36H,2,9-14H2,1H3,(H,35,38). The summed E-state index contributed by atoms with van der Waals surface area (Å²) in [6.07, 6.45) is -4.60. The van der Waals surface area contributed by atoms with Crippen LogP contribution in [0.1, 0.15) is 41.3 Å². The van der Waals surface area contributed by atoms with Crippen molar-refractivity contribution in [3.8, 4) is 16.9 Å². The van der Waals surface area contributed by atoms with Crippen LogP contribution in [0.3, 0.4) is 0 Å². The predicted molar refractivity (Wildman–Crippen MR) is 150 cm³/mol. The van der Waals surface area contributed by atoms with Gasteiger partial charge in [-0.25, -0.2) is 17.2 Å². The van der Waals surface area contributed by atoms with E-state index >= 15 is 0 Å². The van der Waals surface area contributed by atoms with Crippen LogP contribution in [0.5, 0.6) is 5.75 Å². The molecule has 0 radical (unpaired) electrons. The van der Waals surface area contributed by atoms with Crippen LogP contribution in [0.4, 0.5) is 39.0 Å². The number of sulfonamides is 1. The van der Waals surface area contributed by atoms with Crippen molar-refractivity contribution < 1.29 is 39.9 Å². The van der Waals surface area contributed by atoms with Crippen molar-refractivity contribution in [3.05, 3.63) is 71.3 Å². The Morgan fingerprint density at radius 2 is 1.69 bits per heavy atom. The zero-order chi connectivity index (χ0) is 30.3. The number of ether oxygens (including phenoxy) is 1. The number of piperidine rings is 1. The lowest BCUT2D eigenvalue weighted by Crippen LogP contribution is -2.39. The Kier molecular flexibility index (Phi) is 7.82. The van der Waals surface area contributed by atoms with E-state index in [9.17, 15) is 35.2 Å². The summed E-state index contributed by atoms with van der Waals surface area (Å²) in [5.41, 5.74) is 1.64. The van der Waals surface area contributed by atoms with Crippen LogP contribution in [0, 0.1) is 0 Å². The Balaban J connectivity index is 1.49. The van der Waals surface area contributed by atoms with E-state index in [-0.39, 0.29) is 54.1 Å². The third-order valence-corrected chi connectivity index (χ3v) is 8.61. The first-order chi connectivity index (χ1) is 19.7. The maximum absolute atomic E-state index is 13.8. The van der Waals surface area contributed by atoms with Gasteiger partial charge in [0.2, 0.25) is 10.0 Å². The molecule has 224 valence electrons. The second-order valence-corrected chi connectivity index (χ2v) is 12.2. The van der Waals surface area contributed by atoms with Gasteiger partial charge in [-0.1, -0.05) is 12.1 Å². The van der Waals surface area contributed by atoms with Crippen LogP contribution < -0.4 is 19.7 Å². The molecule has 0 atom stereocenters. The minimum atomic E-state index is -4.56. The molecule has 5 rings (SSSR count). The molecule has 0 aliphatic carbocycles. The number of halogens is 5. The molecule has 13 heteroatoms. The van der Waals surface area contributed by atoms with Crippen molar-refractivity contribution in [1.82, 2.24) is 0 Å². The smallest absolute Gasteiger partial charge is 0.416 e. The SMILES string of the molecule is CCS(=O)(=O)Nc1ccc(C(=O)Nc2cc3c(c(N4CCC(F)(F)CC4)c2)OCC3)c(-c2ccc(C(F)(F)F)cc2)c1. The molecule has 0 unspecified atom stereocenters. The molecule has 2 heterocycles. The number of nitrogens with zero attached hydrogens (tertiary/aromatic N) is 1. The van der Waals surface area contributed by atoms with E-state index in [4.69, 9.17) is 4.74 Å². The van der Waals surface area contributed by atoms with Gasteiger partial charge in [0, 0.05) is 54.9 Å². The summed E-state index contributed by atoms with van der Waals surface area (Å²) in [6.45, 7) is 2.10. The lowest BCUT2D eigenvalue weighted by Gasteiger charge is -2.34. The third-order valence-electron chi connectivity index (χ3n) is 7.30. The highest BCUT2D eigenvalue weighted by Crippen LogP contribution is 2.42. The number of nitrogens with one attached hydrogen (secondary N) is 2. The first-order valence-corrected chi connectivity index (χ1v) is 15.0. The van der Waals surface area contributed by atoms with Crippen LogP contribution in [-0.4, -0.2) is 45.7 Å². The lowest BCUT2D eigenvalue weighted by atomic mass is 9.97. The van der Waals surface area contributed by atoms with Crippen LogP contribution in [-0.2, 0) is 22.6 Å². The topological polar surface area (TPSA) is 87.7 Å². The summed E-state index contributed by atoms with van der Waals surface area (Å²) in [6, 6.07) is 11.8. The molecule has 2 N–H and O–H groups in total. The number of benzene rings is 3. The molecule has 0 spiro atoms. The molecule has 0 bridgehead atoms. The van der Waals surface area contributed by atoms with Gasteiger partial charge < -0.3 is 15.0 Å². The Hall–Kier alpha value is -3.87. The zero-order valence-electron chi connectivity index (χ0n) is 22.5. The zero-order valence-corrected chi connectivity index (χ0v) is 23.3. The van der Waals surface area contributed by atoms with Crippen LogP contribution in [0.25, 0.3) is 11.1 Å². The molecule has 1 amide bonds. The molecule has 2 aliphatic heterocycles. The Morgan fingerprint density at radius 3 is 2.33 bits per heavy atom. The van der Waals surface area contributed by atoms with E-state index in [1.54, 1.807) is 17.0 Å².